The maximum atomic E-state index is 12.2. The van der Waals surface area contributed by atoms with E-state index in [-0.39, 0.29) is 12.5 Å². The van der Waals surface area contributed by atoms with Gasteiger partial charge in [-0.05, 0) is 74.9 Å². The molecule has 8 heteroatoms. The zero-order chi connectivity index (χ0) is 22.9. The Hall–Kier alpha value is -3.32. The number of aromatic nitrogens is 2. The third-order valence-electron chi connectivity index (χ3n) is 4.56. The number of nitrogens with one attached hydrogen (secondary N) is 1. The smallest absolute Gasteiger partial charge is 0.260 e. The van der Waals surface area contributed by atoms with Crippen molar-refractivity contribution in [1.29, 1.82) is 0 Å². The van der Waals surface area contributed by atoms with Gasteiger partial charge in [0.15, 0.2) is 6.10 Å². The topological polar surface area (TPSA) is 82.6 Å². The van der Waals surface area contributed by atoms with Gasteiger partial charge in [-0.3, -0.25) is 4.79 Å². The fourth-order valence-electron chi connectivity index (χ4n) is 2.86. The van der Waals surface area contributed by atoms with Gasteiger partial charge in [0.05, 0.1) is 18.8 Å². The Morgan fingerprint density at radius 2 is 1.78 bits per heavy atom. The number of carbonyl (C=O) groups excluding carboxylic acids is 1. The van der Waals surface area contributed by atoms with E-state index in [4.69, 9.17) is 25.8 Å². The van der Waals surface area contributed by atoms with Crippen molar-refractivity contribution in [2.24, 2.45) is 0 Å². The zero-order valence-corrected chi connectivity index (χ0v) is 19.1. The molecule has 0 saturated carbocycles. The Labute approximate surface area is 192 Å². The first-order valence-corrected chi connectivity index (χ1v) is 10.7. The highest BCUT2D eigenvalue weighted by Crippen LogP contribution is 2.22. The summed E-state index contributed by atoms with van der Waals surface area (Å²) in [6, 6.07) is 16.5. The normalized spacial score (nSPS) is 11.5. The monoisotopic (exact) mass is 455 g/mol. The van der Waals surface area contributed by atoms with E-state index in [2.05, 4.69) is 15.5 Å². The van der Waals surface area contributed by atoms with Gasteiger partial charge in [0.25, 0.3) is 5.91 Å². The van der Waals surface area contributed by atoms with Gasteiger partial charge in [-0.1, -0.05) is 11.6 Å². The first kappa shape index (κ1) is 23.3. The number of hydrogen-bond acceptors (Lipinski definition) is 6. The molecule has 32 heavy (non-hydrogen) atoms. The Bertz CT molecular complexity index is 1030. The van der Waals surface area contributed by atoms with Crippen LogP contribution in [0.25, 0.3) is 11.3 Å². The molecule has 0 radical (unpaired) electrons. The molecule has 1 N–H and O–H groups in total. The van der Waals surface area contributed by atoms with E-state index in [1.807, 2.05) is 44.2 Å². The molecular formula is C24H26ClN3O4. The van der Waals surface area contributed by atoms with Gasteiger partial charge in [-0.25, -0.2) is 0 Å². The predicted octanol–water partition coefficient (Wildman–Crippen LogP) is 4.47. The van der Waals surface area contributed by atoms with Crippen LogP contribution in [-0.2, 0) is 4.79 Å². The van der Waals surface area contributed by atoms with Gasteiger partial charge in [-0.15, -0.1) is 10.2 Å². The van der Waals surface area contributed by atoms with Gasteiger partial charge in [-0.2, -0.15) is 0 Å². The van der Waals surface area contributed by atoms with E-state index in [9.17, 15) is 4.79 Å². The Morgan fingerprint density at radius 3 is 2.44 bits per heavy atom. The lowest BCUT2D eigenvalue weighted by molar-refractivity contribution is -0.127. The maximum Gasteiger partial charge on any atom is 0.260 e. The largest absolute Gasteiger partial charge is 0.494 e. The van der Waals surface area contributed by atoms with Crippen LogP contribution in [0.5, 0.6) is 17.4 Å². The molecule has 1 unspecified atom stereocenters. The average Bonchev–Trinajstić information content (AvgIpc) is 2.80. The summed E-state index contributed by atoms with van der Waals surface area (Å²) in [5, 5.41) is 11.7. The van der Waals surface area contributed by atoms with Crippen LogP contribution in [-0.4, -0.2) is 42.0 Å². The van der Waals surface area contributed by atoms with E-state index in [0.717, 1.165) is 22.6 Å². The van der Waals surface area contributed by atoms with Gasteiger partial charge >= 0.3 is 0 Å². The SMILES string of the molecule is CCOc1ccc(-c2ccc(OCCNC(=O)C(C)Oc3ccc(Cl)c(C)c3)nn2)cc1. The number of hydrogen-bond donors (Lipinski definition) is 1. The first-order chi connectivity index (χ1) is 15.5. The highest BCUT2D eigenvalue weighted by molar-refractivity contribution is 6.31. The van der Waals surface area contributed by atoms with Crippen LogP contribution < -0.4 is 19.5 Å². The summed E-state index contributed by atoms with van der Waals surface area (Å²) in [6.07, 6.45) is -0.649. The minimum absolute atomic E-state index is 0.238. The van der Waals surface area contributed by atoms with Crippen molar-refractivity contribution >= 4 is 17.5 Å². The summed E-state index contributed by atoms with van der Waals surface area (Å²) in [5.41, 5.74) is 2.56. The molecule has 1 amide bonds. The van der Waals surface area contributed by atoms with Crippen molar-refractivity contribution in [3.63, 3.8) is 0 Å². The summed E-state index contributed by atoms with van der Waals surface area (Å²) in [5.74, 6) is 1.55. The number of benzene rings is 2. The quantitative estimate of drug-likeness (QED) is 0.454. The number of amides is 1. The minimum atomic E-state index is -0.649. The molecule has 0 aliphatic heterocycles. The van der Waals surface area contributed by atoms with E-state index in [1.165, 1.54) is 0 Å². The fourth-order valence-corrected chi connectivity index (χ4v) is 2.98. The lowest BCUT2D eigenvalue weighted by atomic mass is 10.1. The van der Waals surface area contributed by atoms with Gasteiger partial charge in [0.1, 0.15) is 18.1 Å². The molecule has 0 aliphatic carbocycles. The third kappa shape index (κ3) is 6.59. The first-order valence-electron chi connectivity index (χ1n) is 10.4. The van der Waals surface area contributed by atoms with Crippen LogP contribution in [0, 0.1) is 6.92 Å². The van der Waals surface area contributed by atoms with Gasteiger partial charge in [0, 0.05) is 16.7 Å². The van der Waals surface area contributed by atoms with Crippen LogP contribution in [0.4, 0.5) is 0 Å². The molecule has 7 nitrogen and oxygen atoms in total. The molecule has 3 aromatic rings. The molecule has 0 bridgehead atoms. The molecule has 168 valence electrons. The highest BCUT2D eigenvalue weighted by Gasteiger charge is 2.14. The molecule has 3 rings (SSSR count). The van der Waals surface area contributed by atoms with Gasteiger partial charge in [0.2, 0.25) is 5.88 Å². The second-order valence-corrected chi connectivity index (χ2v) is 7.43. The van der Waals surface area contributed by atoms with E-state index in [0.29, 0.717) is 29.8 Å². The third-order valence-corrected chi connectivity index (χ3v) is 4.99. The molecular weight excluding hydrogens is 430 g/mol. The maximum absolute atomic E-state index is 12.2. The van der Waals surface area contributed by atoms with E-state index < -0.39 is 6.10 Å². The van der Waals surface area contributed by atoms with Crippen molar-refractivity contribution in [3.8, 4) is 28.6 Å². The van der Waals surface area contributed by atoms with Gasteiger partial charge < -0.3 is 19.5 Å². The summed E-state index contributed by atoms with van der Waals surface area (Å²) >= 11 is 6.01. The van der Waals surface area contributed by atoms with Crippen LogP contribution in [0.15, 0.2) is 54.6 Å². The van der Waals surface area contributed by atoms with Crippen molar-refractivity contribution in [1.82, 2.24) is 15.5 Å². The zero-order valence-electron chi connectivity index (χ0n) is 18.3. The number of nitrogens with zero attached hydrogens (tertiary/aromatic N) is 2. The van der Waals surface area contributed by atoms with Crippen LogP contribution in [0.1, 0.15) is 19.4 Å². The molecule has 0 spiro atoms. The minimum Gasteiger partial charge on any atom is -0.494 e. The van der Waals surface area contributed by atoms with Crippen LogP contribution in [0.3, 0.4) is 0 Å². The Morgan fingerprint density at radius 1 is 1.03 bits per heavy atom. The summed E-state index contributed by atoms with van der Waals surface area (Å²) < 4.78 is 16.7. The molecule has 2 aromatic carbocycles. The Kier molecular flexibility index (Phi) is 8.27. The molecule has 0 saturated heterocycles. The number of carbonyl (C=O) groups is 1. The molecule has 1 atom stereocenters. The lowest BCUT2D eigenvalue weighted by Crippen LogP contribution is -2.38. The molecule has 1 aromatic heterocycles. The van der Waals surface area contributed by atoms with Crippen LogP contribution >= 0.6 is 11.6 Å². The van der Waals surface area contributed by atoms with Crippen molar-refractivity contribution in [3.05, 3.63) is 65.2 Å². The highest BCUT2D eigenvalue weighted by atomic mass is 35.5. The average molecular weight is 456 g/mol. The molecule has 1 heterocycles. The van der Waals surface area contributed by atoms with E-state index >= 15 is 0 Å². The van der Waals surface area contributed by atoms with Crippen molar-refractivity contribution < 1.29 is 19.0 Å². The standard InChI is InChI=1S/C24H26ClN3O4/c1-4-30-19-7-5-18(6-8-19)22-11-12-23(28-27-22)31-14-13-26-24(29)17(3)32-20-9-10-21(25)16(2)15-20/h5-12,15,17H,4,13-14H2,1-3H3,(H,26,29). The number of ether oxygens (including phenoxy) is 3. The molecule has 0 fully saturated rings. The van der Waals surface area contributed by atoms with E-state index in [1.54, 1.807) is 31.2 Å². The Balaban J connectivity index is 1.42. The number of aryl methyl sites for hydroxylation is 1. The van der Waals surface area contributed by atoms with Crippen molar-refractivity contribution in [2.75, 3.05) is 19.8 Å². The predicted molar refractivity (Wildman–Crippen MR) is 123 cm³/mol. The summed E-state index contributed by atoms with van der Waals surface area (Å²) in [6.45, 7) is 6.71. The van der Waals surface area contributed by atoms with Crippen LogP contribution in [0.2, 0.25) is 5.02 Å². The summed E-state index contributed by atoms with van der Waals surface area (Å²) in [4.78, 5) is 12.2. The summed E-state index contributed by atoms with van der Waals surface area (Å²) in [7, 11) is 0. The molecule has 0 aliphatic rings. The fraction of sp³-hybridized carbons (Fsp3) is 0.292. The second-order valence-electron chi connectivity index (χ2n) is 7.02. The van der Waals surface area contributed by atoms with Crippen molar-refractivity contribution in [2.45, 2.75) is 26.9 Å². The lowest BCUT2D eigenvalue weighted by Gasteiger charge is -2.15. The number of rotatable bonds is 10. The number of halogens is 1. The second kappa shape index (κ2) is 11.3.